The van der Waals surface area contributed by atoms with E-state index in [0.29, 0.717) is 18.3 Å². The predicted octanol–water partition coefficient (Wildman–Crippen LogP) is 2.32. The van der Waals surface area contributed by atoms with Crippen LogP contribution in [0.5, 0.6) is 0 Å². The molecule has 4 aliphatic rings. The molecule has 16 heavy (non-hydrogen) atoms. The molecular formula is C14H20O2. The van der Waals surface area contributed by atoms with Gasteiger partial charge in [-0.15, -0.1) is 0 Å². The molecule has 0 radical (unpaired) electrons. The van der Waals surface area contributed by atoms with Crippen LogP contribution in [0.15, 0.2) is 11.6 Å². The van der Waals surface area contributed by atoms with Gasteiger partial charge in [-0.3, -0.25) is 4.79 Å². The van der Waals surface area contributed by atoms with Crippen LogP contribution in [0.2, 0.25) is 0 Å². The number of aliphatic hydroxyl groups excluding tert-OH is 1. The van der Waals surface area contributed by atoms with Crippen molar-refractivity contribution < 1.29 is 9.90 Å². The van der Waals surface area contributed by atoms with Gasteiger partial charge in [0.15, 0.2) is 0 Å². The summed E-state index contributed by atoms with van der Waals surface area (Å²) >= 11 is 0. The van der Waals surface area contributed by atoms with Crippen LogP contribution in [-0.4, -0.2) is 17.0 Å². The molecule has 0 amide bonds. The highest BCUT2D eigenvalue weighted by Gasteiger charge is 2.64. The molecule has 0 saturated heterocycles. The first-order chi connectivity index (χ1) is 7.38. The first-order valence-electron chi connectivity index (χ1n) is 6.28. The van der Waals surface area contributed by atoms with E-state index in [2.05, 4.69) is 26.8 Å². The van der Waals surface area contributed by atoms with Gasteiger partial charge >= 0.3 is 0 Å². The Morgan fingerprint density at radius 1 is 1.44 bits per heavy atom. The van der Waals surface area contributed by atoms with E-state index in [1.165, 1.54) is 5.57 Å². The number of carbonyl (C=O) groups excluding carboxylic acids is 1. The monoisotopic (exact) mass is 220 g/mol. The lowest BCUT2D eigenvalue weighted by molar-refractivity contribution is -0.140. The summed E-state index contributed by atoms with van der Waals surface area (Å²) < 4.78 is 0. The number of ketones is 1. The standard InChI is InChI=1S/C14H20O2/c1-8-6-14-10(4-9(8)5-11(14)15)7-13(2,3)12(14)16/h6,9-10,12,16H,4-5,7H2,1-3H3/t9-,10-,12-,14-/m1/s1. The van der Waals surface area contributed by atoms with Crippen molar-refractivity contribution in [3.8, 4) is 0 Å². The molecule has 4 rings (SSSR count). The maximum absolute atomic E-state index is 12.3. The SMILES string of the molecule is CC1=C[C@]23C(=O)C[C@H]1C[C@@H]2CC(C)(C)[C@H]3O. The maximum Gasteiger partial charge on any atom is 0.146 e. The zero-order valence-electron chi connectivity index (χ0n) is 10.3. The first kappa shape index (κ1) is 10.5. The summed E-state index contributed by atoms with van der Waals surface area (Å²) in [7, 11) is 0. The molecule has 0 aromatic heterocycles. The number of allylic oxidation sites excluding steroid dienone is 1. The lowest BCUT2D eigenvalue weighted by Gasteiger charge is -2.47. The lowest BCUT2D eigenvalue weighted by Crippen LogP contribution is -2.51. The molecule has 0 aromatic rings. The van der Waals surface area contributed by atoms with Crippen molar-refractivity contribution in [1.82, 2.24) is 0 Å². The van der Waals surface area contributed by atoms with Crippen molar-refractivity contribution in [1.29, 1.82) is 0 Å². The Balaban J connectivity index is 2.17. The fourth-order valence-electron chi connectivity index (χ4n) is 4.39. The largest absolute Gasteiger partial charge is 0.391 e. The quantitative estimate of drug-likeness (QED) is 0.636. The van der Waals surface area contributed by atoms with E-state index < -0.39 is 11.5 Å². The van der Waals surface area contributed by atoms with Crippen LogP contribution < -0.4 is 0 Å². The molecule has 2 heteroatoms. The smallest absolute Gasteiger partial charge is 0.146 e. The minimum atomic E-state index is -0.525. The number of carbonyl (C=O) groups is 1. The van der Waals surface area contributed by atoms with Gasteiger partial charge < -0.3 is 5.11 Å². The average Bonchev–Trinajstić information content (AvgIpc) is 2.38. The molecule has 0 heterocycles. The summed E-state index contributed by atoms with van der Waals surface area (Å²) in [6.45, 7) is 6.30. The van der Waals surface area contributed by atoms with E-state index in [-0.39, 0.29) is 11.2 Å². The molecule has 0 aliphatic heterocycles. The van der Waals surface area contributed by atoms with Crippen molar-refractivity contribution in [3.05, 3.63) is 11.6 Å². The number of fused-ring (bicyclic) bond motifs is 1. The van der Waals surface area contributed by atoms with Gasteiger partial charge in [0.05, 0.1) is 11.5 Å². The number of Topliss-reactive ketones (excluding diaryl/α,β-unsaturated/α-hetero) is 1. The van der Waals surface area contributed by atoms with E-state index in [4.69, 9.17) is 0 Å². The van der Waals surface area contributed by atoms with E-state index in [0.717, 1.165) is 12.8 Å². The molecule has 1 spiro atoms. The van der Waals surface area contributed by atoms with Gasteiger partial charge in [0.1, 0.15) is 5.78 Å². The molecule has 0 unspecified atom stereocenters. The molecule has 2 bridgehead atoms. The molecule has 0 aromatic carbocycles. The number of hydrogen-bond donors (Lipinski definition) is 1. The highest BCUT2D eigenvalue weighted by molar-refractivity contribution is 5.91. The summed E-state index contributed by atoms with van der Waals surface area (Å²) in [6.07, 6.45) is 4.37. The van der Waals surface area contributed by atoms with Crippen molar-refractivity contribution in [2.75, 3.05) is 0 Å². The van der Waals surface area contributed by atoms with Crippen LogP contribution in [0.1, 0.15) is 40.0 Å². The minimum Gasteiger partial charge on any atom is -0.391 e. The van der Waals surface area contributed by atoms with Gasteiger partial charge in [0.25, 0.3) is 0 Å². The van der Waals surface area contributed by atoms with E-state index in [1.54, 1.807) is 0 Å². The summed E-state index contributed by atoms with van der Waals surface area (Å²) in [5.74, 6) is 1.13. The summed E-state index contributed by atoms with van der Waals surface area (Å²) in [5, 5.41) is 10.6. The van der Waals surface area contributed by atoms with Crippen molar-refractivity contribution in [2.24, 2.45) is 22.7 Å². The lowest BCUT2D eigenvalue weighted by atomic mass is 9.56. The second kappa shape index (κ2) is 2.79. The van der Waals surface area contributed by atoms with Gasteiger partial charge in [0.2, 0.25) is 0 Å². The van der Waals surface area contributed by atoms with E-state index >= 15 is 0 Å². The third-order valence-corrected chi connectivity index (χ3v) is 5.23. The first-order valence-corrected chi connectivity index (χ1v) is 6.28. The van der Waals surface area contributed by atoms with E-state index in [9.17, 15) is 9.90 Å². The fraction of sp³-hybridized carbons (Fsp3) is 0.786. The molecule has 4 aliphatic carbocycles. The van der Waals surface area contributed by atoms with Crippen LogP contribution in [0.3, 0.4) is 0 Å². The number of aliphatic hydroxyl groups is 1. The molecule has 2 fully saturated rings. The zero-order valence-corrected chi connectivity index (χ0v) is 10.3. The summed E-state index contributed by atoms with van der Waals surface area (Å²) in [6, 6.07) is 0. The predicted molar refractivity (Wildman–Crippen MR) is 61.8 cm³/mol. The number of hydrogen-bond acceptors (Lipinski definition) is 2. The van der Waals surface area contributed by atoms with Crippen LogP contribution >= 0.6 is 0 Å². The Hall–Kier alpha value is -0.630. The van der Waals surface area contributed by atoms with Gasteiger partial charge in [-0.1, -0.05) is 25.5 Å². The summed E-state index contributed by atoms with van der Waals surface area (Å²) in [5.41, 5.74) is 0.686. The highest BCUT2D eigenvalue weighted by atomic mass is 16.3. The molecule has 88 valence electrons. The third-order valence-electron chi connectivity index (χ3n) is 5.23. The Morgan fingerprint density at radius 2 is 2.12 bits per heavy atom. The Labute approximate surface area is 96.7 Å². The normalized spacial score (nSPS) is 49.1. The molecule has 2 saturated carbocycles. The molecule has 4 atom stereocenters. The van der Waals surface area contributed by atoms with Crippen LogP contribution in [-0.2, 0) is 4.79 Å². The van der Waals surface area contributed by atoms with Crippen LogP contribution in [0.25, 0.3) is 0 Å². The van der Waals surface area contributed by atoms with Gasteiger partial charge in [-0.25, -0.2) is 0 Å². The van der Waals surface area contributed by atoms with Crippen LogP contribution in [0, 0.1) is 22.7 Å². The van der Waals surface area contributed by atoms with Crippen molar-refractivity contribution in [2.45, 2.75) is 46.1 Å². The fourth-order valence-corrected chi connectivity index (χ4v) is 4.39. The second-order valence-electron chi connectivity index (χ2n) is 6.67. The van der Waals surface area contributed by atoms with Gasteiger partial charge in [-0.2, -0.15) is 0 Å². The van der Waals surface area contributed by atoms with Gasteiger partial charge in [-0.05, 0) is 37.0 Å². The average molecular weight is 220 g/mol. The van der Waals surface area contributed by atoms with Crippen LogP contribution in [0.4, 0.5) is 0 Å². The molecular weight excluding hydrogens is 200 g/mol. The third kappa shape index (κ3) is 0.994. The van der Waals surface area contributed by atoms with E-state index in [1.807, 2.05) is 0 Å². The highest BCUT2D eigenvalue weighted by Crippen LogP contribution is 2.63. The molecule has 2 nitrogen and oxygen atoms in total. The number of rotatable bonds is 0. The maximum atomic E-state index is 12.3. The molecule has 1 N–H and O–H groups in total. The van der Waals surface area contributed by atoms with Crippen molar-refractivity contribution >= 4 is 5.78 Å². The van der Waals surface area contributed by atoms with Crippen molar-refractivity contribution in [3.63, 3.8) is 0 Å². The zero-order chi connectivity index (χ0) is 11.7. The second-order valence-corrected chi connectivity index (χ2v) is 6.67. The minimum absolute atomic E-state index is 0.115. The Kier molecular flexibility index (Phi) is 1.83. The Bertz CT molecular complexity index is 394. The Morgan fingerprint density at radius 3 is 2.81 bits per heavy atom. The summed E-state index contributed by atoms with van der Waals surface area (Å²) in [4.78, 5) is 12.3. The topological polar surface area (TPSA) is 37.3 Å². The van der Waals surface area contributed by atoms with Gasteiger partial charge in [0, 0.05) is 6.42 Å².